The molecule has 2 aliphatic rings. The van der Waals surface area contributed by atoms with Gasteiger partial charge in [-0.2, -0.15) is 0 Å². The van der Waals surface area contributed by atoms with Gasteiger partial charge >= 0.3 is 0 Å². The Morgan fingerprint density at radius 1 is 0.462 bits per heavy atom. The van der Waals surface area contributed by atoms with E-state index in [1.807, 2.05) is 23.5 Å². The normalized spacial score (nSPS) is 13.4. The third-order valence-electron chi connectivity index (χ3n) is 7.73. The van der Waals surface area contributed by atoms with Gasteiger partial charge in [0.2, 0.25) is 0 Å². The van der Waals surface area contributed by atoms with Crippen LogP contribution in [0, 0.1) is 0 Å². The summed E-state index contributed by atoms with van der Waals surface area (Å²) in [5, 5.41) is 6.23. The first-order valence-corrected chi connectivity index (χ1v) is 14.7. The van der Waals surface area contributed by atoms with Gasteiger partial charge in [0.1, 0.15) is 0 Å². The van der Waals surface area contributed by atoms with Gasteiger partial charge < -0.3 is 4.90 Å². The number of rotatable bonds is 1. The van der Waals surface area contributed by atoms with Crippen LogP contribution in [0.15, 0.2) is 141 Å². The second-order valence-corrected chi connectivity index (χ2v) is 12.3. The summed E-state index contributed by atoms with van der Waals surface area (Å²) in [5.74, 6) is 0. The third kappa shape index (κ3) is 3.29. The van der Waals surface area contributed by atoms with Gasteiger partial charge in [-0.1, -0.05) is 96.3 Å². The molecule has 2 aliphatic heterocycles. The van der Waals surface area contributed by atoms with Gasteiger partial charge in [-0.25, -0.2) is 4.98 Å². The lowest BCUT2D eigenvalue weighted by Crippen LogP contribution is -2.19. The number of pyridine rings is 1. The first kappa shape index (κ1) is 21.7. The van der Waals surface area contributed by atoms with Crippen molar-refractivity contribution in [3.05, 3.63) is 121 Å². The second kappa shape index (κ2) is 8.12. The predicted octanol–water partition coefficient (Wildman–Crippen LogP) is 10.6. The molecule has 0 unspecified atom stereocenters. The maximum Gasteiger partial charge on any atom is 0.0742 e. The average Bonchev–Trinajstić information content (AvgIpc) is 2.98. The van der Waals surface area contributed by atoms with Crippen molar-refractivity contribution in [1.29, 1.82) is 0 Å². The zero-order valence-corrected chi connectivity index (χ0v) is 22.4. The van der Waals surface area contributed by atoms with Crippen LogP contribution in [0.3, 0.4) is 0 Å². The molecule has 3 heterocycles. The molecular weight excluding hydrogens is 513 g/mol. The Labute approximate surface area is 234 Å². The number of nitrogens with zero attached hydrogens (tertiary/aromatic N) is 2. The molecule has 0 fully saturated rings. The number of hydrogen-bond acceptors (Lipinski definition) is 4. The van der Waals surface area contributed by atoms with E-state index in [2.05, 4.69) is 126 Å². The number of fused-ring (bicyclic) bond motifs is 7. The molecule has 1 aromatic heterocycles. The summed E-state index contributed by atoms with van der Waals surface area (Å²) in [6, 6.07) is 44.1. The topological polar surface area (TPSA) is 16.1 Å². The first-order chi connectivity index (χ1) is 19.3. The fourth-order valence-corrected chi connectivity index (χ4v) is 8.26. The lowest BCUT2D eigenvalue weighted by molar-refractivity contribution is 1.09. The van der Waals surface area contributed by atoms with E-state index in [1.165, 1.54) is 58.2 Å². The zero-order chi connectivity index (χ0) is 25.5. The van der Waals surface area contributed by atoms with Crippen LogP contribution in [0.5, 0.6) is 0 Å². The van der Waals surface area contributed by atoms with Crippen molar-refractivity contribution in [2.75, 3.05) is 4.90 Å². The van der Waals surface area contributed by atoms with Gasteiger partial charge in [0, 0.05) is 30.5 Å². The van der Waals surface area contributed by atoms with Gasteiger partial charge in [0.05, 0.1) is 28.3 Å². The maximum atomic E-state index is 5.05. The number of anilines is 3. The van der Waals surface area contributed by atoms with E-state index in [4.69, 9.17) is 4.98 Å². The summed E-state index contributed by atoms with van der Waals surface area (Å²) in [5.41, 5.74) is 6.97. The van der Waals surface area contributed by atoms with Crippen molar-refractivity contribution in [3.63, 3.8) is 0 Å². The molecule has 0 atom stereocenters. The molecule has 0 spiro atoms. The average molecular weight is 533 g/mol. The highest BCUT2D eigenvalue weighted by molar-refractivity contribution is 8.00. The molecule has 6 aromatic carbocycles. The molecule has 0 aliphatic carbocycles. The van der Waals surface area contributed by atoms with Crippen LogP contribution in [0.2, 0.25) is 0 Å². The van der Waals surface area contributed by atoms with Crippen LogP contribution >= 0.6 is 23.5 Å². The van der Waals surface area contributed by atoms with Crippen molar-refractivity contribution in [3.8, 4) is 11.3 Å². The highest BCUT2D eigenvalue weighted by Crippen LogP contribution is 2.61. The summed E-state index contributed by atoms with van der Waals surface area (Å²) < 4.78 is 0. The van der Waals surface area contributed by atoms with E-state index < -0.39 is 0 Å². The van der Waals surface area contributed by atoms with Crippen LogP contribution < -0.4 is 4.90 Å². The van der Waals surface area contributed by atoms with Gasteiger partial charge in [-0.3, -0.25) is 0 Å². The smallest absolute Gasteiger partial charge is 0.0742 e. The van der Waals surface area contributed by atoms with E-state index in [-0.39, 0.29) is 0 Å². The molecule has 7 aromatic rings. The molecule has 9 rings (SSSR count). The predicted molar refractivity (Wildman–Crippen MR) is 165 cm³/mol. The van der Waals surface area contributed by atoms with Crippen LogP contribution in [-0.4, -0.2) is 4.98 Å². The minimum Gasteiger partial charge on any atom is -0.306 e. The largest absolute Gasteiger partial charge is 0.306 e. The standard InChI is InChI=1S/C35H20N2S2/c1-3-10-24-17-31-29(15-22(24)8-1)37-30-16-23-9-2-4-11-25(23)18-32(30)39-34-20-26(19-33(38-31)35(34)37)28-14-13-21-7-5-6-12-27(21)36-28/h1-20H. The van der Waals surface area contributed by atoms with Crippen LogP contribution in [-0.2, 0) is 0 Å². The van der Waals surface area contributed by atoms with Gasteiger partial charge in [-0.15, -0.1) is 0 Å². The van der Waals surface area contributed by atoms with Crippen molar-refractivity contribution in [1.82, 2.24) is 4.98 Å². The van der Waals surface area contributed by atoms with Gasteiger partial charge in [-0.05, 0) is 70.1 Å². The number of hydrogen-bond donors (Lipinski definition) is 0. The minimum atomic E-state index is 1.01. The lowest BCUT2D eigenvalue weighted by atomic mass is 10.0. The molecule has 4 heteroatoms. The van der Waals surface area contributed by atoms with Crippen molar-refractivity contribution < 1.29 is 0 Å². The molecular formula is C35H20N2S2. The first-order valence-electron chi connectivity index (χ1n) is 13.0. The van der Waals surface area contributed by atoms with Crippen LogP contribution in [0.25, 0.3) is 43.7 Å². The van der Waals surface area contributed by atoms with E-state index in [0.717, 1.165) is 22.2 Å². The van der Waals surface area contributed by atoms with Crippen molar-refractivity contribution in [2.24, 2.45) is 0 Å². The summed E-state index contributed by atoms with van der Waals surface area (Å²) >= 11 is 3.74. The number of aromatic nitrogens is 1. The Kier molecular flexibility index (Phi) is 4.51. The molecule has 0 saturated carbocycles. The van der Waals surface area contributed by atoms with Gasteiger partial charge in [0.15, 0.2) is 0 Å². The maximum absolute atomic E-state index is 5.05. The molecule has 0 saturated heterocycles. The highest BCUT2D eigenvalue weighted by Gasteiger charge is 2.34. The quantitative estimate of drug-likeness (QED) is 0.209. The van der Waals surface area contributed by atoms with Crippen molar-refractivity contribution in [2.45, 2.75) is 19.6 Å². The van der Waals surface area contributed by atoms with Crippen LogP contribution in [0.1, 0.15) is 0 Å². The molecule has 39 heavy (non-hydrogen) atoms. The second-order valence-electron chi connectivity index (χ2n) is 10.1. The Morgan fingerprint density at radius 2 is 0.974 bits per heavy atom. The molecule has 0 N–H and O–H groups in total. The monoisotopic (exact) mass is 532 g/mol. The van der Waals surface area contributed by atoms with E-state index in [1.54, 1.807) is 0 Å². The SMILES string of the molecule is c1ccc2cc3c(cc2c1)Sc1cc(-c2ccc4ccccc4n2)cc2c1N3c1cc3ccccc3cc1S2. The zero-order valence-electron chi connectivity index (χ0n) is 20.8. The Morgan fingerprint density at radius 3 is 1.56 bits per heavy atom. The molecule has 0 radical (unpaired) electrons. The van der Waals surface area contributed by atoms with Crippen molar-refractivity contribution >= 4 is 73.0 Å². The summed E-state index contributed by atoms with van der Waals surface area (Å²) in [4.78, 5) is 12.6. The van der Waals surface area contributed by atoms with E-state index >= 15 is 0 Å². The fraction of sp³-hybridized carbons (Fsp3) is 0. The molecule has 2 nitrogen and oxygen atoms in total. The number of para-hydroxylation sites is 1. The van der Waals surface area contributed by atoms with Gasteiger partial charge in [0.25, 0.3) is 0 Å². The summed E-state index contributed by atoms with van der Waals surface area (Å²) in [6.45, 7) is 0. The summed E-state index contributed by atoms with van der Waals surface area (Å²) in [7, 11) is 0. The minimum absolute atomic E-state index is 1.01. The van der Waals surface area contributed by atoms with E-state index in [0.29, 0.717) is 0 Å². The lowest BCUT2D eigenvalue weighted by Gasteiger charge is -2.39. The van der Waals surface area contributed by atoms with E-state index in [9.17, 15) is 0 Å². The highest BCUT2D eigenvalue weighted by atomic mass is 32.2. The summed E-state index contributed by atoms with van der Waals surface area (Å²) in [6.07, 6.45) is 0. The molecule has 0 amide bonds. The Hall–Kier alpha value is -4.25. The number of benzene rings is 6. The molecule has 182 valence electrons. The molecule has 0 bridgehead atoms. The fourth-order valence-electron chi connectivity index (χ4n) is 5.87. The Balaban J connectivity index is 1.32. The Bertz CT molecular complexity index is 2040. The third-order valence-corrected chi connectivity index (χ3v) is 9.89. The van der Waals surface area contributed by atoms with Crippen LogP contribution in [0.4, 0.5) is 17.1 Å².